The summed E-state index contributed by atoms with van der Waals surface area (Å²) in [6.45, 7) is 12.8. The number of benzene rings is 6. The van der Waals surface area contributed by atoms with Gasteiger partial charge in [0.25, 0.3) is 0 Å². The van der Waals surface area contributed by atoms with Crippen molar-refractivity contribution in [1.82, 2.24) is 0 Å². The normalized spacial score (nSPS) is 11.0. The largest absolute Gasteiger partial charge is 0.192 e. The second kappa shape index (κ2) is 18.1. The lowest BCUT2D eigenvalue weighted by atomic mass is 9.90. The maximum atomic E-state index is 9.33. The molecule has 0 heterocycles. The average Bonchev–Trinajstić information content (AvgIpc) is 3.17. The lowest BCUT2D eigenvalue weighted by Gasteiger charge is -2.15. The minimum atomic E-state index is 0.739. The van der Waals surface area contributed by atoms with E-state index in [1.54, 1.807) is 0 Å². The predicted octanol–water partition coefficient (Wildman–Crippen LogP) is 14.5. The second-order valence-corrected chi connectivity index (χ2v) is 15.6. The van der Waals surface area contributed by atoms with Crippen LogP contribution in [0.2, 0.25) is 0 Å². The molecule has 55 heavy (non-hydrogen) atoms. The van der Waals surface area contributed by atoms with Crippen LogP contribution in [0.4, 0.5) is 0 Å². The summed E-state index contributed by atoms with van der Waals surface area (Å²) in [5.74, 6) is 0. The first-order valence-electron chi connectivity index (χ1n) is 20.1. The highest BCUT2D eigenvalue weighted by atomic mass is 14.3. The first kappa shape index (κ1) is 39.0. The fraction of sp³-hybridized carbons (Fsp3) is 0.283. The van der Waals surface area contributed by atoms with Crippen molar-refractivity contribution in [1.29, 1.82) is 10.5 Å². The standard InChI is InChI=1S/C53H54N2/c1-36-28-46(24-26-48(36)34-54)52-38(3)30-50(31-39(52)4)44-20-16-42(17-21-44)14-12-10-8-7-9-11-13-15-43-18-22-45(23-19-43)51-32-40(5)53(41(6)33-51)47-25-27-49(35-55)37(2)29-47/h16-33H,7-15H2,1-6H3. The van der Waals surface area contributed by atoms with Crippen molar-refractivity contribution in [2.24, 2.45) is 0 Å². The lowest BCUT2D eigenvalue weighted by Crippen LogP contribution is -1.93. The average molecular weight is 719 g/mol. The number of rotatable bonds is 14. The van der Waals surface area contributed by atoms with Gasteiger partial charge in [0.05, 0.1) is 23.3 Å². The number of nitrogens with zero attached hydrogens (tertiary/aromatic N) is 2. The van der Waals surface area contributed by atoms with Crippen LogP contribution in [0.5, 0.6) is 0 Å². The molecule has 0 bridgehead atoms. The van der Waals surface area contributed by atoms with Crippen LogP contribution in [0.3, 0.4) is 0 Å². The summed E-state index contributed by atoms with van der Waals surface area (Å²) in [7, 11) is 0. The summed E-state index contributed by atoms with van der Waals surface area (Å²) in [6, 6.07) is 44.4. The Labute approximate surface area is 330 Å². The van der Waals surface area contributed by atoms with Crippen LogP contribution >= 0.6 is 0 Å². The Hall–Kier alpha value is -5.70. The van der Waals surface area contributed by atoms with Gasteiger partial charge in [0.15, 0.2) is 0 Å². The molecule has 2 heteroatoms. The fourth-order valence-corrected chi connectivity index (χ4v) is 8.33. The zero-order chi connectivity index (χ0) is 38.9. The van der Waals surface area contributed by atoms with Crippen molar-refractivity contribution in [3.8, 4) is 56.6 Å². The van der Waals surface area contributed by atoms with Gasteiger partial charge >= 0.3 is 0 Å². The molecule has 0 spiro atoms. The van der Waals surface area contributed by atoms with Gasteiger partial charge in [0.2, 0.25) is 0 Å². The molecule has 276 valence electrons. The van der Waals surface area contributed by atoms with Crippen LogP contribution in [0, 0.1) is 64.2 Å². The van der Waals surface area contributed by atoms with Crippen molar-refractivity contribution in [2.75, 3.05) is 0 Å². The van der Waals surface area contributed by atoms with Crippen molar-refractivity contribution >= 4 is 0 Å². The molecule has 6 rings (SSSR count). The number of unbranched alkanes of at least 4 members (excludes halogenated alkanes) is 6. The van der Waals surface area contributed by atoms with Gasteiger partial charge in [-0.15, -0.1) is 0 Å². The van der Waals surface area contributed by atoms with Crippen LogP contribution in [0.25, 0.3) is 44.5 Å². The summed E-state index contributed by atoms with van der Waals surface area (Å²) in [5.41, 5.74) is 21.4. The Kier molecular flexibility index (Phi) is 12.8. The molecule has 0 aliphatic rings. The summed E-state index contributed by atoms with van der Waals surface area (Å²) in [5, 5.41) is 18.7. The Morgan fingerprint density at radius 2 is 0.618 bits per heavy atom. The summed E-state index contributed by atoms with van der Waals surface area (Å²) in [6.07, 6.45) is 11.3. The molecule has 0 saturated heterocycles. The summed E-state index contributed by atoms with van der Waals surface area (Å²) < 4.78 is 0. The fourth-order valence-electron chi connectivity index (χ4n) is 8.33. The van der Waals surface area contributed by atoms with Crippen molar-refractivity contribution in [2.45, 2.75) is 99.3 Å². The van der Waals surface area contributed by atoms with Gasteiger partial charge in [-0.05, 0) is 168 Å². The molecule has 6 aromatic rings. The molecule has 2 nitrogen and oxygen atoms in total. The smallest absolute Gasteiger partial charge is 0.0994 e. The molecule has 0 radical (unpaired) electrons. The molecule has 0 aromatic heterocycles. The summed E-state index contributed by atoms with van der Waals surface area (Å²) >= 11 is 0. The van der Waals surface area contributed by atoms with Crippen molar-refractivity contribution in [3.63, 3.8) is 0 Å². The molecular formula is C53H54N2. The Morgan fingerprint density at radius 1 is 0.327 bits per heavy atom. The molecule has 0 fully saturated rings. The number of hydrogen-bond acceptors (Lipinski definition) is 2. The monoisotopic (exact) mass is 718 g/mol. The van der Waals surface area contributed by atoms with E-state index in [2.05, 4.69) is 137 Å². The van der Waals surface area contributed by atoms with E-state index in [1.807, 2.05) is 26.0 Å². The van der Waals surface area contributed by atoms with Crippen LogP contribution in [-0.4, -0.2) is 0 Å². The third-order valence-electron chi connectivity index (χ3n) is 11.3. The Morgan fingerprint density at radius 3 is 0.927 bits per heavy atom. The lowest BCUT2D eigenvalue weighted by molar-refractivity contribution is 0.579. The predicted molar refractivity (Wildman–Crippen MR) is 232 cm³/mol. The molecule has 0 N–H and O–H groups in total. The van der Waals surface area contributed by atoms with Crippen LogP contribution in [0.15, 0.2) is 109 Å². The minimum Gasteiger partial charge on any atom is -0.192 e. The van der Waals surface area contributed by atoms with E-state index in [-0.39, 0.29) is 0 Å². The van der Waals surface area contributed by atoms with E-state index in [1.165, 1.54) is 123 Å². The molecule has 0 atom stereocenters. The Balaban J connectivity index is 0.897. The van der Waals surface area contributed by atoms with Crippen molar-refractivity contribution < 1.29 is 0 Å². The van der Waals surface area contributed by atoms with Gasteiger partial charge in [-0.2, -0.15) is 10.5 Å². The van der Waals surface area contributed by atoms with Gasteiger partial charge in [0, 0.05) is 0 Å². The third kappa shape index (κ3) is 9.52. The van der Waals surface area contributed by atoms with Gasteiger partial charge in [-0.3, -0.25) is 0 Å². The zero-order valence-electron chi connectivity index (χ0n) is 33.7. The van der Waals surface area contributed by atoms with Crippen LogP contribution in [-0.2, 0) is 12.8 Å². The van der Waals surface area contributed by atoms with E-state index in [9.17, 15) is 10.5 Å². The van der Waals surface area contributed by atoms with Crippen LogP contribution < -0.4 is 0 Å². The highest BCUT2D eigenvalue weighted by Gasteiger charge is 2.12. The van der Waals surface area contributed by atoms with Crippen molar-refractivity contribution in [3.05, 3.63) is 165 Å². The zero-order valence-corrected chi connectivity index (χ0v) is 33.7. The molecule has 6 aromatic carbocycles. The molecule has 0 saturated carbocycles. The quantitative estimate of drug-likeness (QED) is 0.105. The first-order valence-corrected chi connectivity index (χ1v) is 20.1. The van der Waals surface area contributed by atoms with E-state index >= 15 is 0 Å². The first-order chi connectivity index (χ1) is 26.6. The highest BCUT2D eigenvalue weighted by Crippen LogP contribution is 2.35. The van der Waals surface area contributed by atoms with Crippen LogP contribution in [0.1, 0.15) is 101 Å². The van der Waals surface area contributed by atoms with Gasteiger partial charge in [0.1, 0.15) is 0 Å². The van der Waals surface area contributed by atoms with E-state index in [4.69, 9.17) is 0 Å². The maximum Gasteiger partial charge on any atom is 0.0994 e. The minimum absolute atomic E-state index is 0.739. The molecule has 0 aliphatic heterocycles. The number of nitriles is 2. The van der Waals surface area contributed by atoms with E-state index < -0.39 is 0 Å². The third-order valence-corrected chi connectivity index (χ3v) is 11.3. The van der Waals surface area contributed by atoms with Gasteiger partial charge < -0.3 is 0 Å². The maximum absolute atomic E-state index is 9.33. The second-order valence-electron chi connectivity index (χ2n) is 15.6. The Bertz CT molecular complexity index is 2150. The molecule has 0 aliphatic carbocycles. The molecule has 0 unspecified atom stereocenters. The van der Waals surface area contributed by atoms with Gasteiger partial charge in [-0.1, -0.05) is 129 Å². The van der Waals surface area contributed by atoms with E-state index in [0.29, 0.717) is 0 Å². The number of aryl methyl sites for hydroxylation is 8. The number of hydrogen-bond donors (Lipinski definition) is 0. The summed E-state index contributed by atoms with van der Waals surface area (Å²) in [4.78, 5) is 0. The topological polar surface area (TPSA) is 47.6 Å². The molecule has 0 amide bonds. The SMILES string of the molecule is Cc1cc(-c2c(C)cc(-c3ccc(CCCCCCCCCc4ccc(-c5cc(C)c(-c6ccc(C#N)c(C)c6)c(C)c5)cc4)cc3)cc2C)ccc1C#N. The highest BCUT2D eigenvalue weighted by molar-refractivity contribution is 5.79. The molecular weight excluding hydrogens is 665 g/mol. The van der Waals surface area contributed by atoms with E-state index in [0.717, 1.165) is 35.1 Å². The van der Waals surface area contributed by atoms with Gasteiger partial charge in [-0.25, -0.2) is 0 Å².